The first-order chi connectivity index (χ1) is 9.13. The van der Waals surface area contributed by atoms with Crippen LogP contribution in [0.15, 0.2) is 6.20 Å². The van der Waals surface area contributed by atoms with Crippen LogP contribution in [0.25, 0.3) is 0 Å². The van der Waals surface area contributed by atoms with Crippen molar-refractivity contribution in [1.82, 2.24) is 14.5 Å². The summed E-state index contributed by atoms with van der Waals surface area (Å²) in [6.45, 7) is 3.93. The van der Waals surface area contributed by atoms with Gasteiger partial charge in [-0.3, -0.25) is 0 Å². The van der Waals surface area contributed by atoms with E-state index in [0.29, 0.717) is 11.7 Å². The van der Waals surface area contributed by atoms with E-state index in [1.807, 2.05) is 11.5 Å². The van der Waals surface area contributed by atoms with Crippen LogP contribution in [-0.2, 0) is 11.3 Å². The van der Waals surface area contributed by atoms with E-state index in [9.17, 15) is 4.79 Å². The molecule has 1 atom stereocenters. The molecule has 0 saturated carbocycles. The molecule has 5 heteroatoms. The number of aromatic nitrogens is 2. The fourth-order valence-corrected chi connectivity index (χ4v) is 2.80. The molecule has 19 heavy (non-hydrogen) atoms. The van der Waals surface area contributed by atoms with Crippen LogP contribution < -0.4 is 0 Å². The van der Waals surface area contributed by atoms with Crippen molar-refractivity contribution in [2.45, 2.75) is 45.2 Å². The minimum atomic E-state index is -0.308. The Morgan fingerprint density at radius 3 is 3.00 bits per heavy atom. The maximum Gasteiger partial charge on any atom is 0.356 e. The number of piperidine rings is 1. The van der Waals surface area contributed by atoms with Crippen LogP contribution in [0.5, 0.6) is 0 Å². The highest BCUT2D eigenvalue weighted by atomic mass is 16.5. The zero-order valence-corrected chi connectivity index (χ0v) is 12.1. The molecule has 1 saturated heterocycles. The van der Waals surface area contributed by atoms with E-state index in [0.717, 1.165) is 18.8 Å². The zero-order valence-electron chi connectivity index (χ0n) is 12.1. The smallest absolute Gasteiger partial charge is 0.356 e. The normalized spacial score (nSPS) is 20.5. The number of imidazole rings is 1. The van der Waals surface area contributed by atoms with Gasteiger partial charge in [0.25, 0.3) is 0 Å². The monoisotopic (exact) mass is 265 g/mol. The number of carbonyl (C=O) groups excluding carboxylic acids is 1. The topological polar surface area (TPSA) is 47.4 Å². The first-order valence-electron chi connectivity index (χ1n) is 6.94. The summed E-state index contributed by atoms with van der Waals surface area (Å²) >= 11 is 0. The van der Waals surface area contributed by atoms with Crippen molar-refractivity contribution < 1.29 is 9.53 Å². The summed E-state index contributed by atoms with van der Waals surface area (Å²) < 4.78 is 6.76. The van der Waals surface area contributed by atoms with Gasteiger partial charge in [0.05, 0.1) is 13.3 Å². The van der Waals surface area contributed by atoms with Crippen molar-refractivity contribution in [3.05, 3.63) is 17.7 Å². The number of aryl methyl sites for hydroxylation is 1. The fourth-order valence-electron chi connectivity index (χ4n) is 2.80. The van der Waals surface area contributed by atoms with Crippen LogP contribution >= 0.6 is 0 Å². The highest BCUT2D eigenvalue weighted by Gasteiger charge is 2.20. The third-order valence-corrected chi connectivity index (χ3v) is 4.06. The predicted octanol–water partition coefficient (Wildman–Crippen LogP) is 1.85. The zero-order chi connectivity index (χ0) is 13.8. The molecule has 5 nitrogen and oxygen atoms in total. The van der Waals surface area contributed by atoms with E-state index >= 15 is 0 Å². The van der Waals surface area contributed by atoms with Gasteiger partial charge in [-0.2, -0.15) is 0 Å². The second-order valence-electron chi connectivity index (χ2n) is 5.25. The van der Waals surface area contributed by atoms with E-state index < -0.39 is 0 Å². The van der Waals surface area contributed by atoms with Crippen molar-refractivity contribution in [2.75, 3.05) is 20.7 Å². The van der Waals surface area contributed by atoms with Crippen molar-refractivity contribution in [3.63, 3.8) is 0 Å². The maximum absolute atomic E-state index is 11.7. The van der Waals surface area contributed by atoms with Crippen molar-refractivity contribution in [2.24, 2.45) is 0 Å². The molecule has 1 unspecified atom stereocenters. The molecule has 1 aromatic rings. The van der Waals surface area contributed by atoms with E-state index in [1.54, 1.807) is 6.20 Å². The molecule has 1 aliphatic heterocycles. The molecule has 1 aromatic heterocycles. The molecule has 1 fully saturated rings. The third-order valence-electron chi connectivity index (χ3n) is 4.06. The molecular formula is C14H23N3O2. The summed E-state index contributed by atoms with van der Waals surface area (Å²) in [6.07, 6.45) is 6.51. The molecule has 2 heterocycles. The lowest BCUT2D eigenvalue weighted by Crippen LogP contribution is -2.37. The molecule has 0 N–H and O–H groups in total. The number of hydrogen-bond donors (Lipinski definition) is 0. The van der Waals surface area contributed by atoms with Crippen LogP contribution in [0.2, 0.25) is 0 Å². The third kappa shape index (κ3) is 3.15. The first kappa shape index (κ1) is 14.1. The van der Waals surface area contributed by atoms with Crippen molar-refractivity contribution >= 4 is 5.97 Å². The molecule has 0 spiro atoms. The lowest BCUT2D eigenvalue weighted by molar-refractivity contribution is 0.0586. The summed E-state index contributed by atoms with van der Waals surface area (Å²) in [5.41, 5.74) is 0.554. The minimum absolute atomic E-state index is 0.308. The van der Waals surface area contributed by atoms with E-state index in [1.165, 1.54) is 32.9 Å². The Hall–Kier alpha value is -1.36. The number of rotatable bonds is 4. The van der Waals surface area contributed by atoms with Crippen LogP contribution in [0.3, 0.4) is 0 Å². The summed E-state index contributed by atoms with van der Waals surface area (Å²) in [6, 6.07) is 0.612. The number of carbonyl (C=O) groups is 1. The Morgan fingerprint density at radius 2 is 2.32 bits per heavy atom. The molecule has 0 radical (unpaired) electrons. The number of esters is 1. The molecule has 1 aliphatic rings. The number of likely N-dealkylation sites (tertiary alicyclic amines) is 1. The number of methoxy groups -OCH3 is 1. The number of nitrogens with zero attached hydrogens (tertiary/aromatic N) is 3. The molecule has 106 valence electrons. The van der Waals surface area contributed by atoms with Gasteiger partial charge in [-0.1, -0.05) is 6.42 Å². The van der Waals surface area contributed by atoms with Gasteiger partial charge in [-0.25, -0.2) is 9.78 Å². The summed E-state index contributed by atoms with van der Waals surface area (Å²) in [7, 11) is 3.59. The number of hydrogen-bond acceptors (Lipinski definition) is 4. The average molecular weight is 265 g/mol. The molecule has 0 aromatic carbocycles. The SMILES string of the molecule is COC(=O)c1cnc(C)n1CCC1CCCCN1C. The van der Waals surface area contributed by atoms with Gasteiger partial charge in [0.1, 0.15) is 11.5 Å². The van der Waals surface area contributed by atoms with Crippen LogP contribution in [0.1, 0.15) is 42.0 Å². The van der Waals surface area contributed by atoms with E-state index in [-0.39, 0.29) is 5.97 Å². The lowest BCUT2D eigenvalue weighted by atomic mass is 10.00. The Bertz CT molecular complexity index is 442. The molecule has 0 bridgehead atoms. The van der Waals surface area contributed by atoms with Gasteiger partial charge < -0.3 is 14.2 Å². The Kier molecular flexibility index (Phi) is 4.58. The van der Waals surface area contributed by atoms with E-state index in [4.69, 9.17) is 4.74 Å². The van der Waals surface area contributed by atoms with Gasteiger partial charge in [0, 0.05) is 12.6 Å². The van der Waals surface area contributed by atoms with Crippen LogP contribution in [0, 0.1) is 6.92 Å². The second kappa shape index (κ2) is 6.19. The summed E-state index contributed by atoms with van der Waals surface area (Å²) in [5.74, 6) is 0.566. The minimum Gasteiger partial charge on any atom is -0.464 e. The predicted molar refractivity (Wildman–Crippen MR) is 73.2 cm³/mol. The van der Waals surface area contributed by atoms with Crippen LogP contribution in [-0.4, -0.2) is 47.2 Å². The lowest BCUT2D eigenvalue weighted by Gasteiger charge is -2.32. The van der Waals surface area contributed by atoms with Gasteiger partial charge in [-0.15, -0.1) is 0 Å². The Balaban J connectivity index is 2.02. The standard InChI is InChI=1S/C14H23N3O2/c1-11-15-10-13(14(18)19-3)17(11)9-7-12-6-4-5-8-16(12)2/h10,12H,4-9H2,1-3H3. The van der Waals surface area contributed by atoms with Crippen LogP contribution in [0.4, 0.5) is 0 Å². The average Bonchev–Trinajstić information content (AvgIpc) is 2.78. The summed E-state index contributed by atoms with van der Waals surface area (Å²) in [5, 5.41) is 0. The van der Waals surface area contributed by atoms with Gasteiger partial charge >= 0.3 is 5.97 Å². The van der Waals surface area contributed by atoms with E-state index in [2.05, 4.69) is 16.9 Å². The fraction of sp³-hybridized carbons (Fsp3) is 0.714. The Labute approximate surface area is 114 Å². The van der Waals surface area contributed by atoms with Gasteiger partial charge in [0.2, 0.25) is 0 Å². The van der Waals surface area contributed by atoms with Gasteiger partial charge in [0.15, 0.2) is 0 Å². The van der Waals surface area contributed by atoms with Gasteiger partial charge in [-0.05, 0) is 39.8 Å². The molecule has 2 rings (SSSR count). The second-order valence-corrected chi connectivity index (χ2v) is 5.25. The highest BCUT2D eigenvalue weighted by Crippen LogP contribution is 2.19. The highest BCUT2D eigenvalue weighted by molar-refractivity contribution is 5.87. The first-order valence-corrected chi connectivity index (χ1v) is 6.94. The molecular weight excluding hydrogens is 242 g/mol. The maximum atomic E-state index is 11.7. The Morgan fingerprint density at radius 1 is 1.53 bits per heavy atom. The molecule has 0 amide bonds. The quantitative estimate of drug-likeness (QED) is 0.780. The van der Waals surface area contributed by atoms with Crippen molar-refractivity contribution in [1.29, 1.82) is 0 Å². The largest absolute Gasteiger partial charge is 0.464 e. The summed E-state index contributed by atoms with van der Waals surface area (Å²) in [4.78, 5) is 18.3. The number of ether oxygens (including phenoxy) is 1. The van der Waals surface area contributed by atoms with Crippen molar-refractivity contribution in [3.8, 4) is 0 Å². The molecule has 0 aliphatic carbocycles.